The van der Waals surface area contributed by atoms with E-state index in [1.165, 1.54) is 34.8 Å². The van der Waals surface area contributed by atoms with E-state index in [0.717, 1.165) is 55.6 Å². The summed E-state index contributed by atoms with van der Waals surface area (Å²) >= 11 is 0. The summed E-state index contributed by atoms with van der Waals surface area (Å²) in [6, 6.07) is 31.9. The minimum atomic E-state index is -0.491. The number of hydrogen-bond donors (Lipinski definition) is 2. The number of allylic oxidation sites excluding steroid dienone is 2. The van der Waals surface area contributed by atoms with Crippen LogP contribution in [0, 0.1) is 0 Å². The van der Waals surface area contributed by atoms with Crippen LogP contribution in [0.2, 0.25) is 0 Å². The number of carbonyl (C=O) groups excluding carboxylic acids is 3. The summed E-state index contributed by atoms with van der Waals surface area (Å²) in [5.41, 5.74) is 6.54. The first-order valence-corrected chi connectivity index (χ1v) is 14.6. The number of phenolic OH excluding ortho intramolecular Hbond substituents is 2. The van der Waals surface area contributed by atoms with E-state index >= 15 is 0 Å². The summed E-state index contributed by atoms with van der Waals surface area (Å²) in [5, 5.41) is 19.7. The summed E-state index contributed by atoms with van der Waals surface area (Å²) in [4.78, 5) is 28.3. The van der Waals surface area contributed by atoms with Gasteiger partial charge in [-0.25, -0.2) is 25.3 Å². The molecule has 5 rings (SSSR count). The first-order chi connectivity index (χ1) is 21.8. The first kappa shape index (κ1) is 44.1. The molecule has 0 fully saturated rings. The van der Waals surface area contributed by atoms with E-state index in [0.29, 0.717) is 0 Å². The van der Waals surface area contributed by atoms with Crippen molar-refractivity contribution in [1.29, 1.82) is 0 Å². The second-order valence-corrected chi connectivity index (χ2v) is 10.1. The Morgan fingerprint density at radius 3 is 1.43 bits per heavy atom. The number of unbranched alkanes of at least 4 members (excludes halogenated alkanes) is 2. The summed E-state index contributed by atoms with van der Waals surface area (Å²) < 4.78 is 4.86. The molecule has 6 nitrogen and oxygen atoms in total. The summed E-state index contributed by atoms with van der Waals surface area (Å²) in [5.74, 6) is 0.788. The molecule has 0 amide bonds. The number of ether oxygens (including phenoxy) is 1. The number of carbonyl (C=O) groups is 1. The van der Waals surface area contributed by atoms with Crippen LogP contribution in [0.15, 0.2) is 122 Å². The van der Waals surface area contributed by atoms with Gasteiger partial charge in [0.05, 0.1) is 5.41 Å². The Morgan fingerprint density at radius 1 is 0.702 bits per heavy atom. The average Bonchev–Trinajstić information content (AvgIpc) is 3.37. The van der Waals surface area contributed by atoms with Gasteiger partial charge in [0.25, 0.3) is 0 Å². The molecule has 0 saturated heterocycles. The van der Waals surface area contributed by atoms with Gasteiger partial charge in [-0.3, -0.25) is 0 Å². The Kier molecular flexibility index (Phi) is 22.8. The van der Waals surface area contributed by atoms with Crippen LogP contribution in [-0.2, 0) is 90.0 Å². The molecule has 8 heteroatoms. The first-order valence-electron chi connectivity index (χ1n) is 14.6. The molecule has 0 spiro atoms. The van der Waals surface area contributed by atoms with Crippen molar-refractivity contribution in [1.82, 2.24) is 0 Å². The van der Waals surface area contributed by atoms with E-state index in [2.05, 4.69) is 61.7 Å². The van der Waals surface area contributed by atoms with Gasteiger partial charge in [0, 0.05) is 85.6 Å². The quantitative estimate of drug-likeness (QED) is 0.0853. The van der Waals surface area contributed by atoms with Crippen LogP contribution in [0.4, 0.5) is 0 Å². The van der Waals surface area contributed by atoms with Crippen molar-refractivity contribution < 1.29 is 94.8 Å². The molecule has 240 valence electrons. The molecule has 47 heavy (non-hydrogen) atoms. The maximum Gasteiger partial charge on any atom is 0.129 e. The van der Waals surface area contributed by atoms with Crippen molar-refractivity contribution in [3.8, 4) is 22.6 Å². The molecule has 0 aliphatic heterocycles. The largest absolute Gasteiger partial charge is 0.508 e. The van der Waals surface area contributed by atoms with E-state index in [1.807, 2.05) is 24.3 Å². The predicted octanol–water partition coefficient (Wildman–Crippen LogP) is 7.80. The fraction of sp³-hybridized carbons (Fsp3) is 0.205. The Labute approximate surface area is 329 Å². The summed E-state index contributed by atoms with van der Waals surface area (Å²) in [6.45, 7) is 8.56. The minimum absolute atomic E-state index is 0. The van der Waals surface area contributed by atoms with Gasteiger partial charge in [0.2, 0.25) is 0 Å². The molecule has 0 atom stereocenters. The second kappa shape index (κ2) is 24.3. The molecule has 1 aliphatic carbocycles. The van der Waals surface area contributed by atoms with Crippen LogP contribution in [0.25, 0.3) is 11.1 Å². The van der Waals surface area contributed by atoms with Gasteiger partial charge in [-0.1, -0.05) is 79.2 Å². The van der Waals surface area contributed by atoms with Crippen LogP contribution in [0.5, 0.6) is 11.5 Å². The molecular formula is C39H40O6Y2-2. The SMILES string of the molecule is C=C[C-]=O.C=C[C-]=O.COCCCCCC(C)=O.Oc1ccc(C2(c3ccc(O)cc3)c3ccccc3-c3ccccc32)cc1.[Y].[Y]. The number of hydrogen-bond acceptors (Lipinski definition) is 6. The number of Topliss-reactive ketones (excluding diaryl/α,β-unsaturated/α-hetero) is 1. The number of phenols is 2. The zero-order valence-corrected chi connectivity index (χ0v) is 32.7. The van der Waals surface area contributed by atoms with Gasteiger partial charge in [0.1, 0.15) is 17.3 Å². The number of rotatable bonds is 10. The van der Waals surface area contributed by atoms with E-state index in [4.69, 9.17) is 14.3 Å². The van der Waals surface area contributed by atoms with E-state index < -0.39 is 5.41 Å². The standard InChI is InChI=1S/C25H18O2.C8H16O2.2C3H3O.2Y/c26-19-13-9-17(10-14-19)25(18-11-15-20(27)16-12-18)23-7-3-1-5-21(23)22-6-2-4-8-24(22)25;1-8(9)6-4-3-5-7-10-2;2*1-2-3-4;;/h1-16,26-27H;3-7H2,1-2H3;2*2H,1H2;;/q;;2*-1;;. The molecule has 0 saturated carbocycles. The Bertz CT molecular complexity index is 1420. The molecular weight excluding hydrogens is 742 g/mol. The van der Waals surface area contributed by atoms with Crippen molar-refractivity contribution >= 4 is 18.4 Å². The average molecular weight is 783 g/mol. The monoisotopic (exact) mass is 782 g/mol. The van der Waals surface area contributed by atoms with Gasteiger partial charge in [-0.15, -0.1) is 0 Å². The van der Waals surface area contributed by atoms with Crippen LogP contribution in [0.1, 0.15) is 54.9 Å². The number of aromatic hydroxyl groups is 2. The van der Waals surface area contributed by atoms with Gasteiger partial charge in [-0.05, 0) is 90.0 Å². The van der Waals surface area contributed by atoms with Gasteiger partial charge in [-0.2, -0.15) is 0 Å². The topological polar surface area (TPSA) is 101 Å². The molecule has 2 radical (unpaired) electrons. The Balaban J connectivity index is 0.000000889. The molecule has 0 aromatic heterocycles. The number of fused-ring (bicyclic) bond motifs is 3. The maximum absolute atomic E-state index is 10.4. The molecule has 2 N–H and O–H groups in total. The summed E-state index contributed by atoms with van der Waals surface area (Å²) in [6.07, 6.45) is 8.94. The third-order valence-corrected chi connectivity index (χ3v) is 7.10. The maximum atomic E-state index is 10.4. The molecule has 0 heterocycles. The number of ketones is 1. The van der Waals surface area contributed by atoms with Crippen LogP contribution >= 0.6 is 0 Å². The van der Waals surface area contributed by atoms with Crippen LogP contribution in [-0.4, -0.2) is 42.3 Å². The zero-order valence-electron chi connectivity index (χ0n) is 27.0. The van der Waals surface area contributed by atoms with Crippen molar-refractivity contribution in [2.24, 2.45) is 0 Å². The van der Waals surface area contributed by atoms with Gasteiger partial charge in [0.15, 0.2) is 0 Å². The minimum Gasteiger partial charge on any atom is -0.508 e. The smallest absolute Gasteiger partial charge is 0.129 e. The van der Waals surface area contributed by atoms with E-state index in [1.54, 1.807) is 38.3 Å². The Hall–Kier alpha value is -2.86. The molecule has 0 unspecified atom stereocenters. The summed E-state index contributed by atoms with van der Waals surface area (Å²) in [7, 11) is 1.70. The van der Waals surface area contributed by atoms with Crippen molar-refractivity contribution in [3.05, 3.63) is 145 Å². The van der Waals surface area contributed by atoms with Crippen molar-refractivity contribution in [2.45, 2.75) is 38.0 Å². The predicted molar refractivity (Wildman–Crippen MR) is 180 cm³/mol. The Morgan fingerprint density at radius 2 is 1.09 bits per heavy atom. The van der Waals surface area contributed by atoms with E-state index in [9.17, 15) is 15.0 Å². The molecule has 0 bridgehead atoms. The van der Waals surface area contributed by atoms with Gasteiger partial charge < -0.3 is 29.3 Å². The fourth-order valence-corrected chi connectivity index (χ4v) is 5.24. The zero-order chi connectivity index (χ0) is 33.1. The van der Waals surface area contributed by atoms with Crippen molar-refractivity contribution in [3.63, 3.8) is 0 Å². The molecule has 1 aliphatic rings. The molecule has 4 aromatic carbocycles. The van der Waals surface area contributed by atoms with E-state index in [-0.39, 0.29) is 82.7 Å². The normalized spacial score (nSPS) is 10.9. The fourth-order valence-electron chi connectivity index (χ4n) is 5.24. The van der Waals surface area contributed by atoms with Crippen molar-refractivity contribution in [2.75, 3.05) is 13.7 Å². The van der Waals surface area contributed by atoms with Gasteiger partial charge >= 0.3 is 0 Å². The molecule has 4 aromatic rings. The number of benzene rings is 4. The third kappa shape index (κ3) is 12.6. The van der Waals surface area contributed by atoms with Crippen LogP contribution in [0.3, 0.4) is 0 Å². The third-order valence-electron chi connectivity index (χ3n) is 7.10. The van der Waals surface area contributed by atoms with Crippen LogP contribution < -0.4 is 0 Å². The second-order valence-electron chi connectivity index (χ2n) is 10.1. The number of methoxy groups -OCH3 is 1.